The van der Waals surface area contributed by atoms with E-state index in [2.05, 4.69) is 10.3 Å². The highest BCUT2D eigenvalue weighted by Gasteiger charge is 2.42. The van der Waals surface area contributed by atoms with Gasteiger partial charge in [0.2, 0.25) is 5.91 Å². The molecular formula is C19H20N4O6. The van der Waals surface area contributed by atoms with E-state index in [0.29, 0.717) is 17.9 Å². The molecule has 0 aliphatic carbocycles. The van der Waals surface area contributed by atoms with Crippen LogP contribution in [0.15, 0.2) is 36.4 Å². The Morgan fingerprint density at radius 2 is 2.03 bits per heavy atom. The van der Waals surface area contributed by atoms with Crippen LogP contribution in [0.4, 0.5) is 17.3 Å². The van der Waals surface area contributed by atoms with Crippen molar-refractivity contribution < 1.29 is 24.0 Å². The van der Waals surface area contributed by atoms with Crippen LogP contribution < -0.4 is 19.7 Å². The highest BCUT2D eigenvalue weighted by atomic mass is 16.6. The number of nitrogens with one attached hydrogen (secondary N) is 1. The Morgan fingerprint density at radius 3 is 2.62 bits per heavy atom. The molecule has 29 heavy (non-hydrogen) atoms. The Morgan fingerprint density at radius 1 is 1.34 bits per heavy atom. The van der Waals surface area contributed by atoms with Crippen molar-refractivity contribution in [3.8, 4) is 11.5 Å². The van der Waals surface area contributed by atoms with E-state index in [4.69, 9.17) is 9.47 Å². The summed E-state index contributed by atoms with van der Waals surface area (Å²) in [5.41, 5.74) is 0.516. The molecule has 1 N–H and O–H groups in total. The number of hydrogen-bond acceptors (Lipinski definition) is 7. The number of fused-ring (bicyclic) bond motifs is 1. The summed E-state index contributed by atoms with van der Waals surface area (Å²) in [6.07, 6.45) is -0.430. The number of hydrogen-bond donors (Lipinski definition) is 1. The summed E-state index contributed by atoms with van der Waals surface area (Å²) >= 11 is 0. The number of pyridine rings is 1. The fourth-order valence-electron chi connectivity index (χ4n) is 2.93. The Kier molecular flexibility index (Phi) is 5.62. The van der Waals surface area contributed by atoms with E-state index in [-0.39, 0.29) is 11.6 Å². The SMILES string of the molecule is CCC1Oc2ccc([N+](=O)[O-])nc2N(C(C)C(=O)Nc2ccc(OC)cc2)C1=O. The van der Waals surface area contributed by atoms with Gasteiger partial charge in [-0.3, -0.25) is 14.5 Å². The number of benzene rings is 1. The molecule has 0 saturated heterocycles. The van der Waals surface area contributed by atoms with Gasteiger partial charge < -0.3 is 24.9 Å². The minimum absolute atomic E-state index is 0.0497. The minimum atomic E-state index is -0.976. The number of carbonyl (C=O) groups is 2. The first-order valence-corrected chi connectivity index (χ1v) is 8.95. The first kappa shape index (κ1) is 20.1. The third-order valence-electron chi connectivity index (χ3n) is 4.52. The average Bonchev–Trinajstić information content (AvgIpc) is 2.72. The molecular weight excluding hydrogens is 380 g/mol. The fourth-order valence-corrected chi connectivity index (χ4v) is 2.93. The quantitative estimate of drug-likeness (QED) is 0.583. The monoisotopic (exact) mass is 400 g/mol. The van der Waals surface area contributed by atoms with Crippen molar-refractivity contribution in [2.45, 2.75) is 32.4 Å². The molecule has 1 aliphatic heterocycles. The van der Waals surface area contributed by atoms with Crippen LogP contribution in [0.1, 0.15) is 20.3 Å². The second-order valence-electron chi connectivity index (χ2n) is 6.37. The molecule has 0 radical (unpaired) electrons. The smallest absolute Gasteiger partial charge is 0.366 e. The van der Waals surface area contributed by atoms with Crippen molar-refractivity contribution in [2.24, 2.45) is 0 Å². The summed E-state index contributed by atoms with van der Waals surface area (Å²) in [4.78, 5) is 41.2. The van der Waals surface area contributed by atoms with Crippen LogP contribution in [0.5, 0.6) is 11.5 Å². The van der Waals surface area contributed by atoms with Gasteiger partial charge in [0.25, 0.3) is 11.7 Å². The molecule has 2 unspecified atom stereocenters. The van der Waals surface area contributed by atoms with Crippen molar-refractivity contribution in [2.75, 3.05) is 17.3 Å². The van der Waals surface area contributed by atoms with E-state index in [1.165, 1.54) is 26.2 Å². The summed E-state index contributed by atoms with van der Waals surface area (Å²) in [5.74, 6) is -0.596. The average molecular weight is 400 g/mol. The van der Waals surface area contributed by atoms with E-state index in [0.717, 1.165) is 4.90 Å². The van der Waals surface area contributed by atoms with Crippen molar-refractivity contribution >= 4 is 29.1 Å². The third-order valence-corrected chi connectivity index (χ3v) is 4.52. The van der Waals surface area contributed by atoms with Crippen molar-refractivity contribution in [3.63, 3.8) is 0 Å². The molecule has 10 nitrogen and oxygen atoms in total. The molecule has 0 spiro atoms. The van der Waals surface area contributed by atoms with Gasteiger partial charge in [-0.15, -0.1) is 0 Å². The lowest BCUT2D eigenvalue weighted by Crippen LogP contribution is -2.53. The molecule has 10 heteroatoms. The van der Waals surface area contributed by atoms with Gasteiger partial charge >= 0.3 is 5.82 Å². The minimum Gasteiger partial charge on any atom is -0.497 e. The van der Waals surface area contributed by atoms with E-state index in [1.807, 2.05) is 0 Å². The number of nitro groups is 1. The zero-order valence-electron chi connectivity index (χ0n) is 16.1. The van der Waals surface area contributed by atoms with Gasteiger partial charge in [0.05, 0.1) is 7.11 Å². The van der Waals surface area contributed by atoms with Crippen molar-refractivity contribution in [1.82, 2.24) is 4.98 Å². The zero-order valence-corrected chi connectivity index (χ0v) is 16.1. The van der Waals surface area contributed by atoms with E-state index in [1.54, 1.807) is 31.2 Å². The van der Waals surface area contributed by atoms with E-state index in [9.17, 15) is 19.7 Å². The Bertz CT molecular complexity index is 946. The molecule has 0 bridgehead atoms. The highest BCUT2D eigenvalue weighted by molar-refractivity contribution is 6.07. The standard InChI is InChI=1S/C19H20N4O6/c1-4-14-19(25)22(17-15(29-14)9-10-16(21-17)23(26)27)11(2)18(24)20-12-5-7-13(28-3)8-6-12/h5-11,14H,4H2,1-3H3,(H,20,24). The summed E-state index contributed by atoms with van der Waals surface area (Å²) in [7, 11) is 1.54. The Balaban J connectivity index is 1.91. The third kappa shape index (κ3) is 3.96. The van der Waals surface area contributed by atoms with Crippen LogP contribution in [0.3, 0.4) is 0 Å². The summed E-state index contributed by atoms with van der Waals surface area (Å²) in [5, 5.41) is 13.8. The van der Waals surface area contributed by atoms with Gasteiger partial charge in [-0.1, -0.05) is 6.92 Å². The molecule has 0 saturated carbocycles. The fraction of sp³-hybridized carbons (Fsp3) is 0.316. The van der Waals surface area contributed by atoms with Crippen LogP contribution in [0, 0.1) is 10.1 Å². The zero-order chi connectivity index (χ0) is 21.1. The van der Waals surface area contributed by atoms with Gasteiger partial charge in [-0.25, -0.2) is 0 Å². The molecule has 2 aromatic rings. The normalized spacial score (nSPS) is 16.4. The molecule has 1 aliphatic rings. The van der Waals surface area contributed by atoms with E-state index >= 15 is 0 Å². The van der Waals surface area contributed by atoms with Crippen LogP contribution in [0.2, 0.25) is 0 Å². The second-order valence-corrected chi connectivity index (χ2v) is 6.37. The predicted molar refractivity (Wildman–Crippen MR) is 104 cm³/mol. The molecule has 0 fully saturated rings. The van der Waals surface area contributed by atoms with Crippen LogP contribution in [0.25, 0.3) is 0 Å². The lowest BCUT2D eigenvalue weighted by molar-refractivity contribution is -0.389. The summed E-state index contributed by atoms with van der Waals surface area (Å²) < 4.78 is 10.7. The van der Waals surface area contributed by atoms with Gasteiger partial charge in [0, 0.05) is 11.8 Å². The molecule has 2 atom stereocenters. The number of nitrogens with zero attached hydrogens (tertiary/aromatic N) is 3. The Labute approximate surface area is 166 Å². The number of anilines is 2. The highest BCUT2D eigenvalue weighted by Crippen LogP contribution is 2.36. The number of rotatable bonds is 6. The number of amides is 2. The second kappa shape index (κ2) is 8.13. The van der Waals surface area contributed by atoms with E-state index < -0.39 is 34.7 Å². The predicted octanol–water partition coefficient (Wildman–Crippen LogP) is 2.53. The lowest BCUT2D eigenvalue weighted by atomic mass is 10.1. The van der Waals surface area contributed by atoms with Gasteiger partial charge in [0.1, 0.15) is 11.8 Å². The summed E-state index contributed by atoms with van der Waals surface area (Å²) in [6, 6.07) is 8.31. The molecule has 1 aromatic heterocycles. The van der Waals surface area contributed by atoms with Gasteiger partial charge in [-0.05, 0) is 53.6 Å². The first-order chi connectivity index (χ1) is 13.8. The molecule has 1 aromatic carbocycles. The number of ether oxygens (including phenoxy) is 2. The van der Waals surface area contributed by atoms with Crippen LogP contribution in [-0.2, 0) is 9.59 Å². The maximum atomic E-state index is 12.9. The van der Waals surface area contributed by atoms with Crippen molar-refractivity contribution in [1.29, 1.82) is 0 Å². The van der Waals surface area contributed by atoms with Crippen molar-refractivity contribution in [3.05, 3.63) is 46.5 Å². The number of aromatic nitrogens is 1. The summed E-state index contributed by atoms with van der Waals surface area (Å²) in [6.45, 7) is 3.30. The Hall–Kier alpha value is -3.69. The molecule has 2 heterocycles. The maximum Gasteiger partial charge on any atom is 0.366 e. The maximum absolute atomic E-state index is 12.9. The largest absolute Gasteiger partial charge is 0.497 e. The van der Waals surface area contributed by atoms with Gasteiger partial charge in [0.15, 0.2) is 11.9 Å². The van der Waals surface area contributed by atoms with Crippen LogP contribution >= 0.6 is 0 Å². The number of methoxy groups -OCH3 is 1. The molecule has 152 valence electrons. The van der Waals surface area contributed by atoms with Gasteiger partial charge in [-0.2, -0.15) is 0 Å². The lowest BCUT2D eigenvalue weighted by Gasteiger charge is -2.33. The topological polar surface area (TPSA) is 124 Å². The molecule has 2 amide bonds. The molecule has 3 rings (SSSR count). The van der Waals surface area contributed by atoms with Crippen LogP contribution in [-0.4, -0.2) is 41.0 Å². The first-order valence-electron chi connectivity index (χ1n) is 8.95. The number of carbonyl (C=O) groups excluding carboxylic acids is 2.